The van der Waals surface area contributed by atoms with Gasteiger partial charge in [-0.2, -0.15) is 0 Å². The molecule has 1 saturated heterocycles. The Morgan fingerprint density at radius 2 is 2.08 bits per heavy atom. The molecule has 0 amide bonds. The third-order valence-corrected chi connectivity index (χ3v) is 2.24. The highest BCUT2D eigenvalue weighted by atomic mass is 16.5. The lowest BCUT2D eigenvalue weighted by atomic mass is 10.1. The van der Waals surface area contributed by atoms with Crippen molar-refractivity contribution >= 4 is 5.70 Å². The van der Waals surface area contributed by atoms with Crippen molar-refractivity contribution < 1.29 is 4.74 Å². The molecule has 0 bridgehead atoms. The van der Waals surface area contributed by atoms with E-state index in [1.165, 1.54) is 5.56 Å². The first kappa shape index (κ1) is 8.32. The molecule has 0 saturated carbocycles. The highest BCUT2D eigenvalue weighted by molar-refractivity contribution is 5.61. The summed E-state index contributed by atoms with van der Waals surface area (Å²) in [5.41, 5.74) is 2.23. The lowest BCUT2D eigenvalue weighted by Gasteiger charge is -2.18. The van der Waals surface area contributed by atoms with Crippen molar-refractivity contribution in [3.05, 3.63) is 42.5 Å². The Morgan fingerprint density at radius 3 is 2.69 bits per heavy atom. The maximum absolute atomic E-state index is 5.26. The maximum Gasteiger partial charge on any atom is 0.119 e. The molecule has 2 rings (SSSR count). The van der Waals surface area contributed by atoms with Crippen molar-refractivity contribution in [1.29, 1.82) is 0 Å². The van der Waals surface area contributed by atoms with Crippen LogP contribution in [0.25, 0.3) is 5.70 Å². The molecule has 0 aromatic heterocycles. The summed E-state index contributed by atoms with van der Waals surface area (Å²) in [6, 6.07) is 10.2. The summed E-state index contributed by atoms with van der Waals surface area (Å²) in [6.45, 7) is 6.49. The molecule has 0 radical (unpaired) electrons. The normalized spacial score (nSPS) is 16.2. The maximum atomic E-state index is 5.26. The quantitative estimate of drug-likeness (QED) is 0.681. The molecule has 1 fully saturated rings. The lowest BCUT2D eigenvalue weighted by Crippen LogP contribution is -2.17. The molecule has 1 aliphatic heterocycles. The van der Waals surface area contributed by atoms with E-state index in [1.807, 2.05) is 18.2 Å². The molecule has 0 spiro atoms. The van der Waals surface area contributed by atoms with E-state index in [0.717, 1.165) is 18.8 Å². The van der Waals surface area contributed by atoms with E-state index in [1.54, 1.807) is 0 Å². The topological polar surface area (TPSA) is 12.5 Å². The largest absolute Gasteiger partial charge is 0.359 e. The zero-order chi connectivity index (χ0) is 9.10. The smallest absolute Gasteiger partial charge is 0.119 e. The molecular formula is C11H13NO. The zero-order valence-electron chi connectivity index (χ0n) is 7.57. The molecule has 68 valence electrons. The van der Waals surface area contributed by atoms with Gasteiger partial charge in [-0.25, -0.2) is 0 Å². The predicted octanol–water partition coefficient (Wildman–Crippen LogP) is 1.95. The van der Waals surface area contributed by atoms with E-state index in [9.17, 15) is 0 Å². The van der Waals surface area contributed by atoms with E-state index < -0.39 is 0 Å². The lowest BCUT2D eigenvalue weighted by molar-refractivity contribution is 0.165. The molecule has 0 atom stereocenters. The molecule has 1 aromatic rings. The summed E-state index contributed by atoms with van der Waals surface area (Å²) in [4.78, 5) is 2.15. The average molecular weight is 175 g/mol. The Kier molecular flexibility index (Phi) is 2.32. The fraction of sp³-hybridized carbons (Fsp3) is 0.273. The van der Waals surface area contributed by atoms with Gasteiger partial charge in [0.15, 0.2) is 0 Å². The molecule has 0 aliphatic carbocycles. The number of nitrogens with zero attached hydrogens (tertiary/aromatic N) is 1. The summed E-state index contributed by atoms with van der Waals surface area (Å²) in [7, 11) is 0. The van der Waals surface area contributed by atoms with Crippen LogP contribution in [0, 0.1) is 0 Å². The Labute approximate surface area is 78.4 Å². The van der Waals surface area contributed by atoms with E-state index in [0.29, 0.717) is 6.73 Å². The second-order valence-electron chi connectivity index (χ2n) is 3.11. The number of rotatable bonds is 2. The summed E-state index contributed by atoms with van der Waals surface area (Å²) < 4.78 is 5.26. The van der Waals surface area contributed by atoms with Gasteiger partial charge in [-0.3, -0.25) is 0 Å². The summed E-state index contributed by atoms with van der Waals surface area (Å²) in [5.74, 6) is 0. The van der Waals surface area contributed by atoms with Crippen molar-refractivity contribution in [1.82, 2.24) is 4.90 Å². The van der Waals surface area contributed by atoms with Crippen LogP contribution in [0.1, 0.15) is 5.56 Å². The minimum atomic E-state index is 0.674. The molecular weight excluding hydrogens is 162 g/mol. The zero-order valence-corrected chi connectivity index (χ0v) is 7.57. The standard InChI is InChI=1S/C11H13NO/c1-10(12-7-8-13-9-12)11-5-3-2-4-6-11/h2-6H,1,7-9H2. The van der Waals surface area contributed by atoms with Crippen molar-refractivity contribution in [3.63, 3.8) is 0 Å². The van der Waals surface area contributed by atoms with Crippen LogP contribution in [0.4, 0.5) is 0 Å². The van der Waals surface area contributed by atoms with E-state index >= 15 is 0 Å². The van der Waals surface area contributed by atoms with E-state index in [4.69, 9.17) is 4.74 Å². The van der Waals surface area contributed by atoms with Crippen LogP contribution >= 0.6 is 0 Å². The van der Waals surface area contributed by atoms with E-state index in [2.05, 4.69) is 23.6 Å². The fourth-order valence-corrected chi connectivity index (χ4v) is 1.44. The minimum Gasteiger partial charge on any atom is -0.359 e. The Morgan fingerprint density at radius 1 is 1.31 bits per heavy atom. The fourth-order valence-electron chi connectivity index (χ4n) is 1.44. The molecule has 0 unspecified atom stereocenters. The number of hydrogen-bond donors (Lipinski definition) is 0. The number of ether oxygens (including phenoxy) is 1. The Hall–Kier alpha value is -1.28. The molecule has 2 heteroatoms. The molecule has 0 N–H and O–H groups in total. The first-order valence-corrected chi connectivity index (χ1v) is 4.45. The number of benzene rings is 1. The van der Waals surface area contributed by atoms with Gasteiger partial charge >= 0.3 is 0 Å². The van der Waals surface area contributed by atoms with Crippen molar-refractivity contribution in [3.8, 4) is 0 Å². The first-order valence-electron chi connectivity index (χ1n) is 4.45. The predicted molar refractivity (Wildman–Crippen MR) is 53.0 cm³/mol. The SMILES string of the molecule is C=C(c1ccccc1)N1CCOC1. The van der Waals surface area contributed by atoms with Crippen LogP contribution in [-0.2, 0) is 4.74 Å². The summed E-state index contributed by atoms with van der Waals surface area (Å²) >= 11 is 0. The van der Waals surface area contributed by atoms with E-state index in [-0.39, 0.29) is 0 Å². The summed E-state index contributed by atoms with van der Waals surface area (Å²) in [5, 5.41) is 0. The molecule has 2 nitrogen and oxygen atoms in total. The van der Waals surface area contributed by atoms with Gasteiger partial charge in [-0.15, -0.1) is 0 Å². The Bertz CT molecular complexity index is 288. The second-order valence-corrected chi connectivity index (χ2v) is 3.11. The van der Waals surface area contributed by atoms with Crippen molar-refractivity contribution in [2.45, 2.75) is 0 Å². The highest BCUT2D eigenvalue weighted by Gasteiger charge is 2.14. The molecule has 1 aromatic carbocycles. The van der Waals surface area contributed by atoms with Gasteiger partial charge in [0, 0.05) is 12.2 Å². The molecule has 13 heavy (non-hydrogen) atoms. The van der Waals surface area contributed by atoms with Gasteiger partial charge in [-0.1, -0.05) is 36.9 Å². The molecule has 1 aliphatic rings. The Balaban J connectivity index is 2.13. The van der Waals surface area contributed by atoms with Crippen LogP contribution in [0.2, 0.25) is 0 Å². The van der Waals surface area contributed by atoms with Gasteiger partial charge in [0.1, 0.15) is 6.73 Å². The average Bonchev–Trinajstić information content (AvgIpc) is 2.71. The summed E-state index contributed by atoms with van der Waals surface area (Å²) in [6.07, 6.45) is 0. The first-order chi connectivity index (χ1) is 6.38. The number of hydrogen-bond acceptors (Lipinski definition) is 2. The van der Waals surface area contributed by atoms with Gasteiger partial charge in [0.25, 0.3) is 0 Å². The minimum absolute atomic E-state index is 0.674. The van der Waals surface area contributed by atoms with Gasteiger partial charge in [-0.05, 0) is 5.56 Å². The third-order valence-electron chi connectivity index (χ3n) is 2.24. The van der Waals surface area contributed by atoms with Crippen LogP contribution in [0.15, 0.2) is 36.9 Å². The van der Waals surface area contributed by atoms with Crippen LogP contribution in [0.5, 0.6) is 0 Å². The second kappa shape index (κ2) is 3.62. The van der Waals surface area contributed by atoms with Crippen LogP contribution < -0.4 is 0 Å². The molecule has 1 heterocycles. The van der Waals surface area contributed by atoms with Crippen molar-refractivity contribution in [2.24, 2.45) is 0 Å². The third kappa shape index (κ3) is 1.73. The van der Waals surface area contributed by atoms with Gasteiger partial charge in [0.05, 0.1) is 6.61 Å². The van der Waals surface area contributed by atoms with Crippen molar-refractivity contribution in [2.75, 3.05) is 19.9 Å². The van der Waals surface area contributed by atoms with Gasteiger partial charge in [0.2, 0.25) is 0 Å². The van der Waals surface area contributed by atoms with Crippen LogP contribution in [-0.4, -0.2) is 24.8 Å². The monoisotopic (exact) mass is 175 g/mol. The highest BCUT2D eigenvalue weighted by Crippen LogP contribution is 2.18. The van der Waals surface area contributed by atoms with Gasteiger partial charge < -0.3 is 9.64 Å². The van der Waals surface area contributed by atoms with Crippen LogP contribution in [0.3, 0.4) is 0 Å².